The summed E-state index contributed by atoms with van der Waals surface area (Å²) in [6.45, 7) is 7.56. The van der Waals surface area contributed by atoms with E-state index in [9.17, 15) is 4.79 Å². The predicted molar refractivity (Wildman–Crippen MR) is 61.5 cm³/mol. The summed E-state index contributed by atoms with van der Waals surface area (Å²) in [5.41, 5.74) is -0.652. The monoisotopic (exact) mass is 223 g/mol. The molecule has 0 saturated heterocycles. The number of carbonyl (C=O) groups is 1. The maximum atomic E-state index is 11.7. The molecule has 0 spiro atoms. The second kappa shape index (κ2) is 4.45. The Labute approximate surface area is 97.8 Å². The number of carbonyl (C=O) groups excluding carboxylic acids is 1. The van der Waals surface area contributed by atoms with Crippen LogP contribution in [0.25, 0.3) is 0 Å². The Morgan fingerprint density at radius 1 is 1.38 bits per heavy atom. The van der Waals surface area contributed by atoms with Gasteiger partial charge in [-0.15, -0.1) is 0 Å². The van der Waals surface area contributed by atoms with Gasteiger partial charge in [-0.05, 0) is 53.4 Å². The Morgan fingerprint density at radius 2 is 1.88 bits per heavy atom. The fraction of sp³-hybridized carbons (Fsp3) is 0.846. The van der Waals surface area contributed by atoms with Crippen LogP contribution in [0.5, 0.6) is 0 Å². The molecule has 3 heteroatoms. The minimum absolute atomic E-state index is 0.00755. The van der Waals surface area contributed by atoms with Gasteiger partial charge in [0.05, 0.1) is 16.9 Å². The van der Waals surface area contributed by atoms with Crippen LogP contribution in [0.1, 0.15) is 53.4 Å². The van der Waals surface area contributed by atoms with Gasteiger partial charge < -0.3 is 4.74 Å². The average molecular weight is 223 g/mol. The van der Waals surface area contributed by atoms with Crippen LogP contribution in [0.3, 0.4) is 0 Å². The van der Waals surface area contributed by atoms with E-state index < -0.39 is 5.41 Å². The Kier molecular flexibility index (Phi) is 3.62. The van der Waals surface area contributed by atoms with Gasteiger partial charge in [0.1, 0.15) is 6.10 Å². The molecule has 3 nitrogen and oxygen atoms in total. The zero-order chi connectivity index (χ0) is 12.4. The van der Waals surface area contributed by atoms with Crippen molar-refractivity contribution in [3.05, 3.63) is 0 Å². The first-order valence-electron chi connectivity index (χ1n) is 5.89. The summed E-state index contributed by atoms with van der Waals surface area (Å²) in [5.74, 6) is -0.141. The molecule has 0 heterocycles. The van der Waals surface area contributed by atoms with Crippen LogP contribution in [0.4, 0.5) is 0 Å². The van der Waals surface area contributed by atoms with Crippen LogP contribution in [0, 0.1) is 22.2 Å². The molecule has 0 bridgehead atoms. The minimum atomic E-state index is -0.435. The molecule has 0 aliphatic heterocycles. The van der Waals surface area contributed by atoms with Gasteiger partial charge in [-0.25, -0.2) is 0 Å². The number of hydrogen-bond acceptors (Lipinski definition) is 3. The number of rotatable bonds is 1. The maximum absolute atomic E-state index is 11.7. The van der Waals surface area contributed by atoms with Crippen molar-refractivity contribution in [2.45, 2.75) is 59.5 Å². The van der Waals surface area contributed by atoms with E-state index in [0.717, 1.165) is 25.7 Å². The number of nitriles is 1. The van der Waals surface area contributed by atoms with Crippen molar-refractivity contribution in [1.82, 2.24) is 0 Å². The van der Waals surface area contributed by atoms with Crippen LogP contribution in [-0.4, -0.2) is 12.1 Å². The lowest BCUT2D eigenvalue weighted by molar-refractivity contribution is -0.160. The van der Waals surface area contributed by atoms with Crippen LogP contribution >= 0.6 is 0 Å². The van der Waals surface area contributed by atoms with E-state index in [1.807, 2.05) is 27.7 Å². The largest absolute Gasteiger partial charge is 0.462 e. The minimum Gasteiger partial charge on any atom is -0.462 e. The first-order chi connectivity index (χ1) is 7.27. The molecule has 0 radical (unpaired) electrons. The molecule has 1 fully saturated rings. The summed E-state index contributed by atoms with van der Waals surface area (Å²) >= 11 is 0. The standard InChI is InChI=1S/C13H21NO2/c1-12(2,3)11(15)16-10-5-7-13(4,9-14)8-6-10/h10H,5-8H2,1-4H3/t10-,13-. The molecule has 90 valence electrons. The molecular weight excluding hydrogens is 202 g/mol. The van der Waals surface area contributed by atoms with Gasteiger partial charge in [0.15, 0.2) is 0 Å². The van der Waals surface area contributed by atoms with Crippen molar-refractivity contribution in [3.63, 3.8) is 0 Å². The maximum Gasteiger partial charge on any atom is 0.311 e. The topological polar surface area (TPSA) is 50.1 Å². The third-order valence-corrected chi connectivity index (χ3v) is 3.19. The zero-order valence-electron chi connectivity index (χ0n) is 10.7. The van der Waals surface area contributed by atoms with Crippen molar-refractivity contribution in [3.8, 4) is 6.07 Å². The fourth-order valence-corrected chi connectivity index (χ4v) is 1.79. The number of nitrogens with zero attached hydrogens (tertiary/aromatic N) is 1. The molecule has 0 aromatic rings. The first kappa shape index (κ1) is 13.0. The summed E-state index contributed by atoms with van der Waals surface area (Å²) in [6, 6.07) is 2.34. The van der Waals surface area contributed by atoms with E-state index in [-0.39, 0.29) is 17.5 Å². The highest BCUT2D eigenvalue weighted by atomic mass is 16.5. The zero-order valence-corrected chi connectivity index (χ0v) is 10.7. The summed E-state index contributed by atoms with van der Waals surface area (Å²) < 4.78 is 5.45. The summed E-state index contributed by atoms with van der Waals surface area (Å²) in [6.07, 6.45) is 3.28. The van der Waals surface area contributed by atoms with Crippen molar-refractivity contribution >= 4 is 5.97 Å². The van der Waals surface area contributed by atoms with Gasteiger partial charge in [-0.2, -0.15) is 5.26 Å². The molecule has 1 rings (SSSR count). The molecule has 0 unspecified atom stereocenters. The molecule has 0 amide bonds. The highest BCUT2D eigenvalue weighted by Crippen LogP contribution is 2.36. The van der Waals surface area contributed by atoms with E-state index in [1.54, 1.807) is 0 Å². The Morgan fingerprint density at radius 3 is 2.25 bits per heavy atom. The van der Waals surface area contributed by atoms with Crippen LogP contribution in [-0.2, 0) is 9.53 Å². The molecule has 1 saturated carbocycles. The van der Waals surface area contributed by atoms with Crippen molar-refractivity contribution in [2.24, 2.45) is 10.8 Å². The molecule has 0 atom stereocenters. The molecule has 0 aromatic heterocycles. The first-order valence-corrected chi connectivity index (χ1v) is 5.89. The summed E-state index contributed by atoms with van der Waals surface area (Å²) in [4.78, 5) is 11.7. The SMILES string of the molecule is CC(C)(C)C(=O)O[C@H]1CC[C@](C)(C#N)CC1. The summed E-state index contributed by atoms with van der Waals surface area (Å²) in [7, 11) is 0. The van der Waals surface area contributed by atoms with Crippen molar-refractivity contribution in [2.75, 3.05) is 0 Å². The molecule has 16 heavy (non-hydrogen) atoms. The fourth-order valence-electron chi connectivity index (χ4n) is 1.79. The van der Waals surface area contributed by atoms with Crippen molar-refractivity contribution in [1.29, 1.82) is 5.26 Å². The molecule has 1 aliphatic carbocycles. The number of hydrogen-bond donors (Lipinski definition) is 0. The van der Waals surface area contributed by atoms with Gasteiger partial charge >= 0.3 is 5.97 Å². The molecule has 1 aliphatic rings. The second-order valence-electron chi connectivity index (χ2n) is 6.03. The summed E-state index contributed by atoms with van der Waals surface area (Å²) in [5, 5.41) is 8.99. The van der Waals surface area contributed by atoms with E-state index in [1.165, 1.54) is 0 Å². The lowest BCUT2D eigenvalue weighted by Gasteiger charge is -2.32. The Hall–Kier alpha value is -1.04. The van der Waals surface area contributed by atoms with Gasteiger partial charge in [0, 0.05) is 0 Å². The van der Waals surface area contributed by atoms with E-state index in [0.29, 0.717) is 0 Å². The predicted octanol–water partition coefficient (Wildman–Crippen LogP) is 3.05. The van der Waals surface area contributed by atoms with Crippen LogP contribution < -0.4 is 0 Å². The van der Waals surface area contributed by atoms with E-state index >= 15 is 0 Å². The van der Waals surface area contributed by atoms with E-state index in [4.69, 9.17) is 10.00 Å². The lowest BCUT2D eigenvalue weighted by Crippen LogP contribution is -2.33. The molecule has 0 aromatic carbocycles. The number of esters is 1. The third kappa shape index (κ3) is 3.23. The highest BCUT2D eigenvalue weighted by molar-refractivity contribution is 5.75. The van der Waals surface area contributed by atoms with Gasteiger partial charge in [-0.1, -0.05) is 0 Å². The quantitative estimate of drug-likeness (QED) is 0.642. The average Bonchev–Trinajstić information content (AvgIpc) is 2.20. The smallest absolute Gasteiger partial charge is 0.311 e. The second-order valence-corrected chi connectivity index (χ2v) is 6.03. The van der Waals surface area contributed by atoms with Crippen LogP contribution in [0.15, 0.2) is 0 Å². The normalized spacial score (nSPS) is 30.6. The Bertz CT molecular complexity index is 301. The van der Waals surface area contributed by atoms with Gasteiger partial charge in [-0.3, -0.25) is 4.79 Å². The van der Waals surface area contributed by atoms with E-state index in [2.05, 4.69) is 6.07 Å². The lowest BCUT2D eigenvalue weighted by atomic mass is 9.76. The van der Waals surface area contributed by atoms with Gasteiger partial charge in [0.25, 0.3) is 0 Å². The number of ether oxygens (including phenoxy) is 1. The van der Waals surface area contributed by atoms with Crippen LogP contribution in [0.2, 0.25) is 0 Å². The molecule has 0 N–H and O–H groups in total. The third-order valence-electron chi connectivity index (χ3n) is 3.19. The highest BCUT2D eigenvalue weighted by Gasteiger charge is 2.34. The van der Waals surface area contributed by atoms with Gasteiger partial charge in [0.2, 0.25) is 0 Å². The molecular formula is C13H21NO2. The van der Waals surface area contributed by atoms with Crippen molar-refractivity contribution < 1.29 is 9.53 Å². The Balaban J connectivity index is 2.45.